The minimum Gasteiger partial charge on any atom is -0.494 e. The summed E-state index contributed by atoms with van der Waals surface area (Å²) in [5, 5.41) is 6.94. The first-order chi connectivity index (χ1) is 14.8. The topological polar surface area (TPSA) is 56.4 Å². The maximum absolute atomic E-state index is 6.50. The molecule has 0 N–H and O–H groups in total. The Labute approximate surface area is 175 Å². The average molecular weight is 404 g/mol. The van der Waals surface area contributed by atoms with Gasteiger partial charge in [0.1, 0.15) is 17.2 Å². The van der Waals surface area contributed by atoms with Gasteiger partial charge >= 0.3 is 0 Å². The molecule has 0 spiro atoms. The summed E-state index contributed by atoms with van der Waals surface area (Å²) in [6.45, 7) is 5.17. The first kappa shape index (κ1) is 18.6. The molecule has 0 amide bonds. The van der Waals surface area contributed by atoms with Crippen molar-refractivity contribution in [1.82, 2.24) is 5.01 Å². The predicted molar refractivity (Wildman–Crippen MR) is 113 cm³/mol. The van der Waals surface area contributed by atoms with Crippen molar-refractivity contribution in [2.24, 2.45) is 5.10 Å². The highest BCUT2D eigenvalue weighted by molar-refractivity contribution is 5.99. The number of para-hydroxylation sites is 1. The second-order valence-corrected chi connectivity index (χ2v) is 7.20. The van der Waals surface area contributed by atoms with Gasteiger partial charge in [-0.05, 0) is 56.3 Å². The smallest absolute Gasteiger partial charge is 0.214 e. The Kier molecular flexibility index (Phi) is 4.83. The maximum atomic E-state index is 6.50. The zero-order valence-corrected chi connectivity index (χ0v) is 17.1. The number of hydrogen-bond donors (Lipinski definition) is 0. The summed E-state index contributed by atoms with van der Waals surface area (Å²) in [5.41, 5.74) is 3.00. The SMILES string of the molecule is CCOc1ccc([C@@H]2Oc3c(OCC)cccc3[C@@H]3CC(c4ccco4)=NN32)cc1. The Hall–Kier alpha value is -3.41. The third-order valence-electron chi connectivity index (χ3n) is 5.36. The number of rotatable bonds is 6. The molecule has 30 heavy (non-hydrogen) atoms. The minimum absolute atomic E-state index is 0.0471. The van der Waals surface area contributed by atoms with Crippen LogP contribution >= 0.6 is 0 Å². The molecule has 0 fully saturated rings. The molecule has 3 aromatic rings. The van der Waals surface area contributed by atoms with Crippen LogP contribution in [0.3, 0.4) is 0 Å². The van der Waals surface area contributed by atoms with Gasteiger partial charge in [-0.1, -0.05) is 12.1 Å². The van der Waals surface area contributed by atoms with Crippen LogP contribution in [-0.4, -0.2) is 23.9 Å². The number of furan rings is 1. The quantitative estimate of drug-likeness (QED) is 0.557. The summed E-state index contributed by atoms with van der Waals surface area (Å²) in [7, 11) is 0. The van der Waals surface area contributed by atoms with Gasteiger partial charge in [-0.25, -0.2) is 5.01 Å². The molecule has 2 aromatic carbocycles. The van der Waals surface area contributed by atoms with Gasteiger partial charge in [-0.15, -0.1) is 0 Å². The monoisotopic (exact) mass is 404 g/mol. The molecule has 2 aliphatic rings. The van der Waals surface area contributed by atoms with Crippen LogP contribution in [0.1, 0.15) is 49.4 Å². The van der Waals surface area contributed by atoms with Gasteiger partial charge in [-0.3, -0.25) is 0 Å². The highest BCUT2D eigenvalue weighted by Crippen LogP contribution is 2.50. The molecule has 0 aliphatic carbocycles. The molecule has 5 rings (SSSR count). The molecule has 0 saturated carbocycles. The number of benzene rings is 2. The van der Waals surface area contributed by atoms with Crippen molar-refractivity contribution in [3.63, 3.8) is 0 Å². The molecule has 0 saturated heterocycles. The molecule has 0 unspecified atom stereocenters. The van der Waals surface area contributed by atoms with Crippen molar-refractivity contribution in [3.05, 3.63) is 77.7 Å². The van der Waals surface area contributed by atoms with Gasteiger partial charge in [0.25, 0.3) is 0 Å². The summed E-state index contributed by atoms with van der Waals surface area (Å²) in [5.74, 6) is 3.18. The van der Waals surface area contributed by atoms with E-state index < -0.39 is 0 Å². The Morgan fingerprint density at radius 2 is 1.83 bits per heavy atom. The van der Waals surface area contributed by atoms with Gasteiger partial charge in [0.05, 0.1) is 25.5 Å². The third-order valence-corrected chi connectivity index (χ3v) is 5.36. The van der Waals surface area contributed by atoms with Crippen LogP contribution in [-0.2, 0) is 0 Å². The molecule has 154 valence electrons. The molecule has 2 aliphatic heterocycles. The van der Waals surface area contributed by atoms with Crippen LogP contribution in [0, 0.1) is 0 Å². The molecule has 1 aromatic heterocycles. The van der Waals surface area contributed by atoms with E-state index in [-0.39, 0.29) is 12.3 Å². The first-order valence-corrected chi connectivity index (χ1v) is 10.3. The van der Waals surface area contributed by atoms with Gasteiger partial charge in [0.2, 0.25) is 6.23 Å². The Morgan fingerprint density at radius 1 is 1.00 bits per heavy atom. The van der Waals surface area contributed by atoms with Crippen molar-refractivity contribution < 1.29 is 18.6 Å². The van der Waals surface area contributed by atoms with E-state index in [9.17, 15) is 0 Å². The van der Waals surface area contributed by atoms with E-state index in [0.717, 1.165) is 46.3 Å². The zero-order chi connectivity index (χ0) is 20.5. The van der Waals surface area contributed by atoms with Crippen molar-refractivity contribution >= 4 is 5.71 Å². The standard InChI is InChI=1S/C24H24N2O4/c1-3-27-17-12-10-16(11-13-17)24-26-20(15-19(25-26)21-9-6-14-29-21)18-7-5-8-22(28-4-2)23(18)30-24/h5-14,20,24H,3-4,15H2,1-2H3/t20-,24-/m0/s1. The highest BCUT2D eigenvalue weighted by atomic mass is 16.5. The molecule has 6 heteroatoms. The van der Waals surface area contributed by atoms with E-state index in [1.54, 1.807) is 6.26 Å². The van der Waals surface area contributed by atoms with Crippen molar-refractivity contribution in [2.75, 3.05) is 13.2 Å². The largest absolute Gasteiger partial charge is 0.494 e. The lowest BCUT2D eigenvalue weighted by Gasteiger charge is -2.38. The lowest BCUT2D eigenvalue weighted by molar-refractivity contribution is -0.0212. The summed E-state index contributed by atoms with van der Waals surface area (Å²) in [6, 6.07) is 17.9. The second-order valence-electron chi connectivity index (χ2n) is 7.20. The van der Waals surface area contributed by atoms with Gasteiger partial charge < -0.3 is 18.6 Å². The fourth-order valence-corrected chi connectivity index (χ4v) is 4.06. The molecule has 6 nitrogen and oxygen atoms in total. The third kappa shape index (κ3) is 3.18. The van der Waals surface area contributed by atoms with Crippen LogP contribution in [0.4, 0.5) is 0 Å². The van der Waals surface area contributed by atoms with E-state index in [4.69, 9.17) is 23.7 Å². The highest BCUT2D eigenvalue weighted by Gasteiger charge is 2.42. The number of nitrogens with zero attached hydrogens (tertiary/aromatic N) is 2. The molecular formula is C24H24N2O4. The van der Waals surface area contributed by atoms with E-state index in [1.807, 2.05) is 67.4 Å². The summed E-state index contributed by atoms with van der Waals surface area (Å²) in [4.78, 5) is 0. The molecule has 3 heterocycles. The van der Waals surface area contributed by atoms with Crippen LogP contribution in [0.25, 0.3) is 0 Å². The Balaban J connectivity index is 1.57. The van der Waals surface area contributed by atoms with E-state index in [1.165, 1.54) is 0 Å². The van der Waals surface area contributed by atoms with Gasteiger partial charge in [0.15, 0.2) is 11.5 Å². The van der Waals surface area contributed by atoms with Crippen molar-refractivity contribution in [3.8, 4) is 17.2 Å². The number of hydrogen-bond acceptors (Lipinski definition) is 6. The van der Waals surface area contributed by atoms with E-state index in [0.29, 0.717) is 13.2 Å². The predicted octanol–water partition coefficient (Wildman–Crippen LogP) is 5.32. The summed E-state index contributed by atoms with van der Waals surface area (Å²) < 4.78 is 23.6. The van der Waals surface area contributed by atoms with Crippen LogP contribution in [0.2, 0.25) is 0 Å². The van der Waals surface area contributed by atoms with E-state index >= 15 is 0 Å². The summed E-state index contributed by atoms with van der Waals surface area (Å²) in [6.07, 6.45) is 2.05. The summed E-state index contributed by atoms with van der Waals surface area (Å²) >= 11 is 0. The van der Waals surface area contributed by atoms with Crippen molar-refractivity contribution in [1.29, 1.82) is 0 Å². The van der Waals surface area contributed by atoms with Crippen molar-refractivity contribution in [2.45, 2.75) is 32.5 Å². The van der Waals surface area contributed by atoms with E-state index in [2.05, 4.69) is 6.07 Å². The normalized spacial score (nSPS) is 19.5. The number of hydrazone groups is 1. The number of fused-ring (bicyclic) bond motifs is 3. The lowest BCUT2D eigenvalue weighted by Crippen LogP contribution is -2.33. The van der Waals surface area contributed by atoms with Gasteiger partial charge in [0, 0.05) is 17.5 Å². The molecule has 0 radical (unpaired) electrons. The van der Waals surface area contributed by atoms with Crippen LogP contribution < -0.4 is 14.2 Å². The zero-order valence-electron chi connectivity index (χ0n) is 17.1. The molecule has 0 bridgehead atoms. The molecular weight excluding hydrogens is 380 g/mol. The second kappa shape index (κ2) is 7.78. The van der Waals surface area contributed by atoms with Gasteiger partial charge in [-0.2, -0.15) is 5.10 Å². The fourth-order valence-electron chi connectivity index (χ4n) is 4.06. The average Bonchev–Trinajstić information content (AvgIpc) is 3.45. The minimum atomic E-state index is -0.368. The maximum Gasteiger partial charge on any atom is 0.214 e. The first-order valence-electron chi connectivity index (χ1n) is 10.3. The fraction of sp³-hybridized carbons (Fsp3) is 0.292. The number of ether oxygens (including phenoxy) is 3. The lowest BCUT2D eigenvalue weighted by atomic mass is 9.97. The Morgan fingerprint density at radius 3 is 2.57 bits per heavy atom. The van der Waals surface area contributed by atoms with Crippen LogP contribution in [0.5, 0.6) is 17.2 Å². The van der Waals surface area contributed by atoms with Crippen LogP contribution in [0.15, 0.2) is 70.4 Å². The molecule has 2 atom stereocenters. The Bertz CT molecular complexity index is 1040.